The first-order valence-electron chi connectivity index (χ1n) is 15.0. The Bertz CT molecular complexity index is 1400. The van der Waals surface area contributed by atoms with Gasteiger partial charge in [0.05, 0.1) is 11.5 Å². The number of sulfonamides is 1. The van der Waals surface area contributed by atoms with Gasteiger partial charge in [0, 0.05) is 31.7 Å². The summed E-state index contributed by atoms with van der Waals surface area (Å²) in [5.41, 5.74) is 8.80. The number of hydrogen-bond acceptors (Lipinski definition) is 6. The summed E-state index contributed by atoms with van der Waals surface area (Å²) in [6.07, 6.45) is -0.433. The van der Waals surface area contributed by atoms with Crippen LogP contribution in [0.2, 0.25) is 0 Å². The summed E-state index contributed by atoms with van der Waals surface area (Å²) in [5, 5.41) is 0. The van der Waals surface area contributed by atoms with Crippen molar-refractivity contribution in [3.63, 3.8) is 0 Å². The maximum Gasteiger partial charge on any atom is 0.409 e. The standard InChI is InChI=1S/C32H46N4O6S/c1-8-42-32(39)36-14-12-35(13-15-36)31(38)28(17-23-10-9-11-24(16-23)30(33)37)34-43(40,41)29-26(21(4)5)18-25(20(2)3)19-27(29)22(6)7/h9-11,16,18-22,28,34H,8,12-15,17H2,1-7H3,(H2,33,37)/t28-/m0/s1. The molecule has 3 rings (SSSR count). The van der Waals surface area contributed by atoms with E-state index < -0.39 is 34.0 Å². The molecule has 0 radical (unpaired) electrons. The van der Waals surface area contributed by atoms with Crippen molar-refractivity contribution < 1.29 is 27.5 Å². The third-order valence-corrected chi connectivity index (χ3v) is 9.32. The topological polar surface area (TPSA) is 139 Å². The van der Waals surface area contributed by atoms with E-state index in [1.54, 1.807) is 36.1 Å². The van der Waals surface area contributed by atoms with Crippen LogP contribution in [0.4, 0.5) is 4.79 Å². The van der Waals surface area contributed by atoms with Gasteiger partial charge in [-0.05, 0) is 65.5 Å². The predicted molar refractivity (Wildman–Crippen MR) is 167 cm³/mol. The van der Waals surface area contributed by atoms with Gasteiger partial charge in [0.25, 0.3) is 0 Å². The van der Waals surface area contributed by atoms with Crippen molar-refractivity contribution >= 4 is 27.9 Å². The first-order valence-corrected chi connectivity index (χ1v) is 16.4. The van der Waals surface area contributed by atoms with Gasteiger partial charge >= 0.3 is 6.09 Å². The van der Waals surface area contributed by atoms with Gasteiger partial charge in [-0.15, -0.1) is 0 Å². The SMILES string of the molecule is CCOC(=O)N1CCN(C(=O)[C@H](Cc2cccc(C(N)=O)c2)NS(=O)(=O)c2c(C(C)C)cc(C(C)C)cc2C(C)C)CC1. The zero-order valence-electron chi connectivity index (χ0n) is 26.3. The first-order chi connectivity index (χ1) is 20.2. The Morgan fingerprint density at radius 1 is 0.884 bits per heavy atom. The number of rotatable bonds is 11. The number of hydrogen-bond donors (Lipinski definition) is 2. The number of nitrogens with zero attached hydrogens (tertiary/aromatic N) is 2. The van der Waals surface area contributed by atoms with Crippen LogP contribution < -0.4 is 10.5 Å². The molecule has 1 atom stereocenters. The largest absolute Gasteiger partial charge is 0.450 e. The third kappa shape index (κ3) is 8.35. The fourth-order valence-electron chi connectivity index (χ4n) is 5.26. The van der Waals surface area contributed by atoms with E-state index in [1.807, 2.05) is 39.8 Å². The van der Waals surface area contributed by atoms with E-state index in [-0.39, 0.29) is 67.4 Å². The van der Waals surface area contributed by atoms with Crippen molar-refractivity contribution in [3.8, 4) is 0 Å². The van der Waals surface area contributed by atoms with Crippen LogP contribution in [0.15, 0.2) is 41.3 Å². The molecule has 3 N–H and O–H groups in total. The molecule has 236 valence electrons. The molecular formula is C32H46N4O6S. The number of nitrogens with one attached hydrogen (secondary N) is 1. The lowest BCUT2D eigenvalue weighted by atomic mass is 9.89. The van der Waals surface area contributed by atoms with Crippen molar-refractivity contribution in [2.45, 2.75) is 83.6 Å². The molecule has 43 heavy (non-hydrogen) atoms. The van der Waals surface area contributed by atoms with Crippen LogP contribution in [0.25, 0.3) is 0 Å². The second kappa shape index (κ2) is 14.4. The number of carbonyl (C=O) groups is 3. The molecule has 11 heteroatoms. The molecule has 2 aromatic rings. The highest BCUT2D eigenvalue weighted by Gasteiger charge is 2.35. The van der Waals surface area contributed by atoms with Gasteiger partial charge < -0.3 is 20.3 Å². The van der Waals surface area contributed by atoms with Gasteiger partial charge in [-0.3, -0.25) is 9.59 Å². The third-order valence-electron chi connectivity index (χ3n) is 7.71. The molecule has 0 aliphatic carbocycles. The first kappa shape index (κ1) is 34.1. The van der Waals surface area contributed by atoms with Crippen LogP contribution >= 0.6 is 0 Å². The van der Waals surface area contributed by atoms with Crippen LogP contribution in [-0.4, -0.2) is 75.0 Å². The summed E-state index contributed by atoms with van der Waals surface area (Å²) < 4.78 is 36.5. The van der Waals surface area contributed by atoms with Crippen LogP contribution in [0.1, 0.15) is 98.8 Å². The molecule has 1 aliphatic heterocycles. The van der Waals surface area contributed by atoms with Gasteiger partial charge in [0.15, 0.2) is 0 Å². The summed E-state index contributed by atoms with van der Waals surface area (Å²) in [5.74, 6) is -0.985. The molecule has 0 spiro atoms. The normalized spacial score (nSPS) is 14.8. The highest BCUT2D eigenvalue weighted by atomic mass is 32.2. The van der Waals surface area contributed by atoms with Gasteiger partial charge in [-0.25, -0.2) is 13.2 Å². The van der Waals surface area contributed by atoms with Gasteiger partial charge in [0.2, 0.25) is 21.8 Å². The fraction of sp³-hybridized carbons (Fsp3) is 0.531. The fourth-order valence-corrected chi connectivity index (χ4v) is 7.14. The maximum atomic E-state index is 14.3. The number of amides is 3. The van der Waals surface area contributed by atoms with E-state index in [1.165, 1.54) is 4.90 Å². The molecule has 1 heterocycles. The monoisotopic (exact) mass is 614 g/mol. The Labute approximate surface area is 256 Å². The Morgan fingerprint density at radius 3 is 1.93 bits per heavy atom. The zero-order valence-corrected chi connectivity index (χ0v) is 27.2. The van der Waals surface area contributed by atoms with Crippen molar-refractivity contribution in [2.24, 2.45) is 5.73 Å². The highest BCUT2D eigenvalue weighted by molar-refractivity contribution is 7.89. The number of benzene rings is 2. The zero-order chi connectivity index (χ0) is 32.1. The second-order valence-corrected chi connectivity index (χ2v) is 13.6. The van der Waals surface area contributed by atoms with Gasteiger partial charge in [0.1, 0.15) is 6.04 Å². The van der Waals surface area contributed by atoms with E-state index in [4.69, 9.17) is 10.5 Å². The molecule has 0 aromatic heterocycles. The number of ether oxygens (including phenoxy) is 1. The minimum absolute atomic E-state index is 0.00930. The lowest BCUT2D eigenvalue weighted by Gasteiger charge is -2.36. The lowest BCUT2D eigenvalue weighted by Crippen LogP contribution is -2.56. The molecular weight excluding hydrogens is 568 g/mol. The Balaban J connectivity index is 2.04. The minimum atomic E-state index is -4.19. The summed E-state index contributed by atoms with van der Waals surface area (Å²) in [6, 6.07) is 9.29. The predicted octanol–water partition coefficient (Wildman–Crippen LogP) is 4.35. The van der Waals surface area contributed by atoms with E-state index in [0.717, 1.165) is 5.56 Å². The number of primary amides is 1. The summed E-state index contributed by atoms with van der Waals surface area (Å²) >= 11 is 0. The molecule has 10 nitrogen and oxygen atoms in total. The van der Waals surface area contributed by atoms with E-state index in [9.17, 15) is 22.8 Å². The molecule has 3 amide bonds. The minimum Gasteiger partial charge on any atom is -0.450 e. The lowest BCUT2D eigenvalue weighted by molar-refractivity contribution is -0.134. The number of carbonyl (C=O) groups excluding carboxylic acids is 3. The van der Waals surface area contributed by atoms with Crippen molar-refractivity contribution in [1.82, 2.24) is 14.5 Å². The van der Waals surface area contributed by atoms with Crippen LogP contribution in [-0.2, 0) is 26.0 Å². The van der Waals surface area contributed by atoms with Crippen molar-refractivity contribution in [1.29, 1.82) is 0 Å². The molecule has 2 aromatic carbocycles. The van der Waals surface area contributed by atoms with Crippen molar-refractivity contribution in [2.75, 3.05) is 32.8 Å². The molecule has 0 saturated carbocycles. The Hall–Kier alpha value is -3.44. The number of nitrogens with two attached hydrogens (primary N) is 1. The van der Waals surface area contributed by atoms with E-state index in [2.05, 4.69) is 18.6 Å². The maximum absolute atomic E-state index is 14.3. The number of piperazine rings is 1. The average molecular weight is 615 g/mol. The molecule has 0 bridgehead atoms. The summed E-state index contributed by atoms with van der Waals surface area (Å²) in [4.78, 5) is 41.3. The van der Waals surface area contributed by atoms with Gasteiger partial charge in [-0.2, -0.15) is 4.72 Å². The molecule has 0 unspecified atom stereocenters. The summed E-state index contributed by atoms with van der Waals surface area (Å²) in [6.45, 7) is 15.0. The van der Waals surface area contributed by atoms with E-state index >= 15 is 0 Å². The average Bonchev–Trinajstić information content (AvgIpc) is 2.95. The second-order valence-electron chi connectivity index (χ2n) is 11.9. The molecule has 1 aliphatic rings. The Morgan fingerprint density at radius 2 is 1.44 bits per heavy atom. The van der Waals surface area contributed by atoms with Crippen LogP contribution in [0, 0.1) is 0 Å². The van der Waals surface area contributed by atoms with Gasteiger partial charge in [-0.1, -0.05) is 65.8 Å². The van der Waals surface area contributed by atoms with E-state index in [0.29, 0.717) is 16.7 Å². The summed E-state index contributed by atoms with van der Waals surface area (Å²) in [7, 11) is -4.19. The van der Waals surface area contributed by atoms with Crippen LogP contribution in [0.3, 0.4) is 0 Å². The van der Waals surface area contributed by atoms with Crippen molar-refractivity contribution in [3.05, 3.63) is 64.2 Å². The molecule has 1 saturated heterocycles. The smallest absolute Gasteiger partial charge is 0.409 e. The quantitative estimate of drug-likeness (QED) is 0.386. The van der Waals surface area contributed by atoms with Crippen LogP contribution in [0.5, 0.6) is 0 Å². The highest BCUT2D eigenvalue weighted by Crippen LogP contribution is 2.35. The molecule has 1 fully saturated rings. The Kier molecular flexibility index (Phi) is 11.4.